The number of nitrogens with zero attached hydrogens (tertiary/aromatic N) is 1. The van der Waals surface area contributed by atoms with E-state index in [4.69, 9.17) is 0 Å². The average molecular weight is 274 g/mol. The van der Waals surface area contributed by atoms with Gasteiger partial charge in [0.15, 0.2) is 5.78 Å². The first-order valence-electron chi connectivity index (χ1n) is 5.86. The largest absolute Gasteiger partial charge is 0.326 e. The van der Waals surface area contributed by atoms with E-state index in [0.717, 1.165) is 10.7 Å². The number of anilines is 1. The predicted octanol–water partition coefficient (Wildman–Crippen LogP) is 2.84. The Hall–Kier alpha value is -2.01. The number of carbonyl (C=O) groups is 2. The van der Waals surface area contributed by atoms with Crippen molar-refractivity contribution in [1.82, 2.24) is 4.98 Å². The lowest BCUT2D eigenvalue weighted by atomic mass is 10.1. The molecule has 0 unspecified atom stereocenters. The molecule has 1 aromatic carbocycles. The third-order valence-electron chi connectivity index (χ3n) is 2.58. The van der Waals surface area contributed by atoms with Gasteiger partial charge in [-0.1, -0.05) is 0 Å². The molecule has 1 N–H and O–H groups in total. The van der Waals surface area contributed by atoms with E-state index in [0.29, 0.717) is 11.3 Å². The fourth-order valence-corrected chi connectivity index (χ4v) is 2.26. The summed E-state index contributed by atoms with van der Waals surface area (Å²) in [7, 11) is 0. The summed E-state index contributed by atoms with van der Waals surface area (Å²) in [4.78, 5) is 27.2. The van der Waals surface area contributed by atoms with Crippen molar-refractivity contribution in [2.45, 2.75) is 20.3 Å². The fourth-order valence-electron chi connectivity index (χ4n) is 1.65. The van der Waals surface area contributed by atoms with Gasteiger partial charge in [-0.3, -0.25) is 9.59 Å². The highest BCUT2D eigenvalue weighted by Gasteiger charge is 2.07. The van der Waals surface area contributed by atoms with E-state index in [9.17, 15) is 9.59 Å². The molecule has 0 bridgehead atoms. The number of carbonyl (C=O) groups excluding carboxylic acids is 2. The molecule has 2 rings (SSSR count). The zero-order chi connectivity index (χ0) is 13.8. The van der Waals surface area contributed by atoms with Gasteiger partial charge in [0, 0.05) is 16.6 Å². The summed E-state index contributed by atoms with van der Waals surface area (Å²) >= 11 is 1.53. The highest BCUT2D eigenvalue weighted by atomic mass is 32.1. The van der Waals surface area contributed by atoms with Crippen LogP contribution in [0.1, 0.15) is 28.0 Å². The van der Waals surface area contributed by atoms with E-state index < -0.39 is 0 Å². The molecular weight excluding hydrogens is 260 g/mol. The summed E-state index contributed by atoms with van der Waals surface area (Å²) in [5.41, 5.74) is 2.09. The second kappa shape index (κ2) is 5.75. The van der Waals surface area contributed by atoms with Crippen molar-refractivity contribution < 1.29 is 9.59 Å². The minimum absolute atomic E-state index is 0.0100. The molecule has 0 saturated heterocycles. The quantitative estimate of drug-likeness (QED) is 0.872. The Labute approximate surface area is 115 Å². The second-order valence-corrected chi connectivity index (χ2v) is 5.28. The van der Waals surface area contributed by atoms with E-state index in [1.165, 1.54) is 18.3 Å². The highest BCUT2D eigenvalue weighted by Crippen LogP contribution is 2.12. The maximum Gasteiger partial charge on any atom is 0.230 e. The minimum atomic E-state index is -0.110. The Morgan fingerprint density at radius 2 is 1.95 bits per heavy atom. The van der Waals surface area contributed by atoms with Gasteiger partial charge in [0.2, 0.25) is 5.91 Å². The van der Waals surface area contributed by atoms with Crippen molar-refractivity contribution in [2.24, 2.45) is 0 Å². The van der Waals surface area contributed by atoms with Crippen LogP contribution in [0.15, 0.2) is 29.6 Å². The zero-order valence-electron chi connectivity index (χ0n) is 10.8. The maximum absolute atomic E-state index is 11.8. The van der Waals surface area contributed by atoms with Crippen molar-refractivity contribution in [2.75, 3.05) is 5.32 Å². The number of aryl methyl sites for hydroxylation is 1. The SMILES string of the molecule is CC(=O)c1ccc(NC(=O)Cc2csc(C)n2)cc1. The first-order chi connectivity index (χ1) is 9.04. The molecule has 0 atom stereocenters. The summed E-state index contributed by atoms with van der Waals surface area (Å²) in [6, 6.07) is 6.84. The molecule has 19 heavy (non-hydrogen) atoms. The molecule has 1 aromatic heterocycles. The van der Waals surface area contributed by atoms with Gasteiger partial charge in [-0.05, 0) is 38.1 Å². The van der Waals surface area contributed by atoms with Crippen LogP contribution in [0.5, 0.6) is 0 Å². The van der Waals surface area contributed by atoms with Gasteiger partial charge in [-0.25, -0.2) is 4.98 Å². The van der Waals surface area contributed by atoms with Gasteiger partial charge in [-0.15, -0.1) is 11.3 Å². The molecule has 0 spiro atoms. The van der Waals surface area contributed by atoms with E-state index in [2.05, 4.69) is 10.3 Å². The van der Waals surface area contributed by atoms with Gasteiger partial charge < -0.3 is 5.32 Å². The van der Waals surface area contributed by atoms with E-state index >= 15 is 0 Å². The molecule has 98 valence electrons. The number of Topliss-reactive ketones (excluding diaryl/α,β-unsaturated/α-hetero) is 1. The fraction of sp³-hybridized carbons (Fsp3) is 0.214. The molecule has 1 heterocycles. The Morgan fingerprint density at radius 1 is 1.26 bits per heavy atom. The molecule has 0 aliphatic heterocycles. The lowest BCUT2D eigenvalue weighted by molar-refractivity contribution is -0.115. The monoisotopic (exact) mass is 274 g/mol. The molecule has 0 saturated carbocycles. The molecular formula is C14H14N2O2S. The van der Waals surface area contributed by atoms with Gasteiger partial charge >= 0.3 is 0 Å². The normalized spacial score (nSPS) is 10.2. The Morgan fingerprint density at radius 3 is 2.47 bits per heavy atom. The highest BCUT2D eigenvalue weighted by molar-refractivity contribution is 7.09. The van der Waals surface area contributed by atoms with Crippen LogP contribution in [0.4, 0.5) is 5.69 Å². The number of hydrogen-bond donors (Lipinski definition) is 1. The number of nitrogens with one attached hydrogen (secondary N) is 1. The van der Waals surface area contributed by atoms with Gasteiger partial charge in [-0.2, -0.15) is 0 Å². The number of rotatable bonds is 4. The average Bonchev–Trinajstić information content (AvgIpc) is 2.75. The van der Waals surface area contributed by atoms with Crippen LogP contribution in [0.3, 0.4) is 0 Å². The summed E-state index contributed by atoms with van der Waals surface area (Å²) < 4.78 is 0. The number of thiazole rings is 1. The topological polar surface area (TPSA) is 59.1 Å². The smallest absolute Gasteiger partial charge is 0.230 e. The van der Waals surface area contributed by atoms with Crippen LogP contribution in [0.2, 0.25) is 0 Å². The molecule has 4 nitrogen and oxygen atoms in total. The molecule has 0 fully saturated rings. The van der Waals surface area contributed by atoms with Crippen molar-refractivity contribution in [3.63, 3.8) is 0 Å². The first kappa shape index (κ1) is 13.4. The van der Waals surface area contributed by atoms with Crippen molar-refractivity contribution in [3.05, 3.63) is 45.9 Å². The zero-order valence-corrected chi connectivity index (χ0v) is 11.6. The Kier molecular flexibility index (Phi) is 4.06. The number of ketones is 1. The van der Waals surface area contributed by atoms with Crippen LogP contribution in [-0.4, -0.2) is 16.7 Å². The summed E-state index contributed by atoms with van der Waals surface area (Å²) in [6.45, 7) is 3.42. The van der Waals surface area contributed by atoms with E-state index in [1.807, 2.05) is 12.3 Å². The molecule has 5 heteroatoms. The molecule has 0 radical (unpaired) electrons. The van der Waals surface area contributed by atoms with E-state index in [1.54, 1.807) is 24.3 Å². The summed E-state index contributed by atoms with van der Waals surface area (Å²) in [6.07, 6.45) is 0.263. The number of hydrogen-bond acceptors (Lipinski definition) is 4. The van der Waals surface area contributed by atoms with Gasteiger partial charge in [0.05, 0.1) is 17.1 Å². The second-order valence-electron chi connectivity index (χ2n) is 4.22. The Balaban J connectivity index is 1.97. The predicted molar refractivity (Wildman–Crippen MR) is 75.6 cm³/mol. The van der Waals surface area contributed by atoms with Crippen molar-refractivity contribution in [1.29, 1.82) is 0 Å². The van der Waals surface area contributed by atoms with Crippen LogP contribution >= 0.6 is 11.3 Å². The van der Waals surface area contributed by atoms with Crippen LogP contribution < -0.4 is 5.32 Å². The van der Waals surface area contributed by atoms with Gasteiger partial charge in [0.25, 0.3) is 0 Å². The third kappa shape index (κ3) is 3.72. The standard InChI is InChI=1S/C14H14N2O2S/c1-9(17)11-3-5-12(6-4-11)16-14(18)7-13-8-19-10(2)15-13/h3-6,8H,7H2,1-2H3,(H,16,18). The van der Waals surface area contributed by atoms with Crippen LogP contribution in [0, 0.1) is 6.92 Å². The van der Waals surface area contributed by atoms with Crippen molar-refractivity contribution >= 4 is 28.7 Å². The molecule has 1 amide bonds. The molecule has 0 aliphatic rings. The number of aromatic nitrogens is 1. The lowest BCUT2D eigenvalue weighted by Crippen LogP contribution is -2.14. The minimum Gasteiger partial charge on any atom is -0.326 e. The van der Waals surface area contributed by atoms with E-state index in [-0.39, 0.29) is 18.1 Å². The first-order valence-corrected chi connectivity index (χ1v) is 6.74. The van der Waals surface area contributed by atoms with Gasteiger partial charge in [0.1, 0.15) is 0 Å². The lowest BCUT2D eigenvalue weighted by Gasteiger charge is -2.04. The third-order valence-corrected chi connectivity index (χ3v) is 3.41. The summed E-state index contributed by atoms with van der Waals surface area (Å²) in [5, 5.41) is 5.62. The van der Waals surface area contributed by atoms with Crippen molar-refractivity contribution in [3.8, 4) is 0 Å². The summed E-state index contributed by atoms with van der Waals surface area (Å²) in [5.74, 6) is -0.100. The van der Waals surface area contributed by atoms with Crippen LogP contribution in [0.25, 0.3) is 0 Å². The Bertz CT molecular complexity index is 602. The maximum atomic E-state index is 11.8. The molecule has 0 aliphatic carbocycles. The number of benzene rings is 1. The molecule has 2 aromatic rings. The number of amides is 1. The van der Waals surface area contributed by atoms with Crippen LogP contribution in [-0.2, 0) is 11.2 Å².